The summed E-state index contributed by atoms with van der Waals surface area (Å²) in [6.45, 7) is 0. The van der Waals surface area contributed by atoms with Crippen molar-refractivity contribution in [3.63, 3.8) is 0 Å². The third-order valence-corrected chi connectivity index (χ3v) is 3.92. The zero-order valence-electron chi connectivity index (χ0n) is 11.1. The number of carbonyl (C=O) groups is 1. The molecular formula is C16H14BrNO3. The molecule has 0 fully saturated rings. The summed E-state index contributed by atoms with van der Waals surface area (Å²) >= 11 is 3.20. The van der Waals surface area contributed by atoms with Gasteiger partial charge in [-0.1, -0.05) is 24.3 Å². The van der Waals surface area contributed by atoms with Gasteiger partial charge in [0, 0.05) is 12.5 Å². The number of hydrogen-bond donors (Lipinski definition) is 2. The summed E-state index contributed by atoms with van der Waals surface area (Å²) in [5, 5.41) is 12.9. The smallest absolute Gasteiger partial charge is 0.244 e. The molecule has 2 N–H and O–H groups in total. The van der Waals surface area contributed by atoms with E-state index in [1.165, 1.54) is 6.08 Å². The molecule has 0 saturated carbocycles. The number of nitrogens with one attached hydrogen (secondary N) is 1. The summed E-state index contributed by atoms with van der Waals surface area (Å²) in [5.74, 6) is 0.327. The van der Waals surface area contributed by atoms with Crippen LogP contribution in [-0.4, -0.2) is 17.1 Å². The molecule has 0 spiro atoms. The summed E-state index contributed by atoms with van der Waals surface area (Å²) in [4.78, 5) is 12.0. The average molecular weight is 348 g/mol. The molecule has 1 aromatic heterocycles. The maximum atomic E-state index is 12.0. The van der Waals surface area contributed by atoms with Crippen LogP contribution in [0.1, 0.15) is 22.9 Å². The Morgan fingerprint density at radius 2 is 2.14 bits per heavy atom. The Morgan fingerprint density at radius 1 is 1.33 bits per heavy atom. The van der Waals surface area contributed by atoms with Crippen LogP contribution in [0.5, 0.6) is 0 Å². The van der Waals surface area contributed by atoms with Gasteiger partial charge in [0.25, 0.3) is 0 Å². The van der Waals surface area contributed by atoms with Crippen LogP contribution in [-0.2, 0) is 11.2 Å². The first kappa shape index (κ1) is 14.1. The highest BCUT2D eigenvalue weighted by Gasteiger charge is 2.31. The Morgan fingerprint density at radius 3 is 2.90 bits per heavy atom. The molecular weight excluding hydrogens is 334 g/mol. The van der Waals surface area contributed by atoms with E-state index < -0.39 is 6.10 Å². The maximum absolute atomic E-state index is 12.0. The van der Waals surface area contributed by atoms with E-state index in [0.717, 1.165) is 11.1 Å². The Labute approximate surface area is 130 Å². The van der Waals surface area contributed by atoms with Gasteiger partial charge < -0.3 is 14.8 Å². The molecule has 1 aromatic carbocycles. The third-order valence-electron chi connectivity index (χ3n) is 3.49. The van der Waals surface area contributed by atoms with Gasteiger partial charge in [-0.2, -0.15) is 0 Å². The van der Waals surface area contributed by atoms with E-state index in [0.29, 0.717) is 16.9 Å². The van der Waals surface area contributed by atoms with Gasteiger partial charge in [-0.05, 0) is 45.3 Å². The molecule has 2 atom stereocenters. The van der Waals surface area contributed by atoms with E-state index in [2.05, 4.69) is 21.2 Å². The minimum atomic E-state index is -0.586. The van der Waals surface area contributed by atoms with Gasteiger partial charge in [0.15, 0.2) is 4.67 Å². The van der Waals surface area contributed by atoms with Crippen LogP contribution in [0.3, 0.4) is 0 Å². The Balaban J connectivity index is 1.69. The molecule has 0 saturated heterocycles. The van der Waals surface area contributed by atoms with E-state index in [4.69, 9.17) is 4.42 Å². The van der Waals surface area contributed by atoms with Crippen molar-refractivity contribution in [1.29, 1.82) is 0 Å². The normalized spacial score (nSPS) is 20.7. The topological polar surface area (TPSA) is 62.5 Å². The molecule has 1 aliphatic rings. The van der Waals surface area contributed by atoms with Crippen molar-refractivity contribution in [3.8, 4) is 0 Å². The van der Waals surface area contributed by atoms with Gasteiger partial charge in [-0.15, -0.1) is 0 Å². The summed E-state index contributed by atoms with van der Waals surface area (Å²) in [6, 6.07) is 10.9. The molecule has 21 heavy (non-hydrogen) atoms. The first-order valence-corrected chi connectivity index (χ1v) is 7.42. The number of amides is 1. The van der Waals surface area contributed by atoms with Crippen LogP contribution in [0.25, 0.3) is 6.08 Å². The molecule has 0 radical (unpaired) electrons. The van der Waals surface area contributed by atoms with Gasteiger partial charge in [-0.3, -0.25) is 4.79 Å². The summed E-state index contributed by atoms with van der Waals surface area (Å²) in [7, 11) is 0. The quantitative estimate of drug-likeness (QED) is 0.839. The molecule has 3 rings (SSSR count). The average Bonchev–Trinajstić information content (AvgIpc) is 3.01. The second-order valence-electron chi connectivity index (χ2n) is 4.93. The number of rotatable bonds is 3. The van der Waals surface area contributed by atoms with Crippen molar-refractivity contribution < 1.29 is 14.3 Å². The summed E-state index contributed by atoms with van der Waals surface area (Å²) in [5.41, 5.74) is 2.06. The Kier molecular flexibility index (Phi) is 3.94. The predicted molar refractivity (Wildman–Crippen MR) is 82.5 cm³/mol. The zero-order chi connectivity index (χ0) is 14.8. The van der Waals surface area contributed by atoms with E-state index in [1.54, 1.807) is 18.2 Å². The number of halogens is 1. The summed E-state index contributed by atoms with van der Waals surface area (Å²) < 4.78 is 5.90. The Hall–Kier alpha value is -1.85. The fraction of sp³-hybridized carbons (Fsp3) is 0.188. The van der Waals surface area contributed by atoms with Crippen molar-refractivity contribution in [1.82, 2.24) is 5.32 Å². The second-order valence-corrected chi connectivity index (χ2v) is 5.71. The number of benzene rings is 1. The molecule has 108 valence electrons. The monoisotopic (exact) mass is 347 g/mol. The zero-order valence-corrected chi connectivity index (χ0v) is 12.7. The van der Waals surface area contributed by atoms with Gasteiger partial charge in [-0.25, -0.2) is 0 Å². The second kappa shape index (κ2) is 5.87. The van der Waals surface area contributed by atoms with Crippen molar-refractivity contribution in [2.24, 2.45) is 0 Å². The number of hydrogen-bond acceptors (Lipinski definition) is 3. The molecule has 2 aromatic rings. The highest BCUT2D eigenvalue weighted by atomic mass is 79.9. The highest BCUT2D eigenvalue weighted by molar-refractivity contribution is 9.10. The van der Waals surface area contributed by atoms with Crippen molar-refractivity contribution in [2.75, 3.05) is 0 Å². The predicted octanol–water partition coefficient (Wildman–Crippen LogP) is 2.83. The van der Waals surface area contributed by atoms with E-state index in [9.17, 15) is 9.90 Å². The summed E-state index contributed by atoms with van der Waals surface area (Å²) in [6.07, 6.45) is 2.97. The maximum Gasteiger partial charge on any atom is 0.244 e. The lowest BCUT2D eigenvalue weighted by Gasteiger charge is -2.16. The number of aliphatic hydroxyl groups is 1. The molecule has 0 bridgehead atoms. The number of furan rings is 1. The first-order valence-electron chi connectivity index (χ1n) is 6.63. The number of fused-ring (bicyclic) bond motifs is 1. The van der Waals surface area contributed by atoms with Crippen molar-refractivity contribution in [2.45, 2.75) is 18.6 Å². The lowest BCUT2D eigenvalue weighted by molar-refractivity contribution is -0.117. The van der Waals surface area contributed by atoms with Crippen LogP contribution in [0.2, 0.25) is 0 Å². The number of aliphatic hydroxyl groups excluding tert-OH is 1. The van der Waals surface area contributed by atoms with E-state index >= 15 is 0 Å². The molecule has 0 unspecified atom stereocenters. The fourth-order valence-corrected chi connectivity index (χ4v) is 2.84. The van der Waals surface area contributed by atoms with Crippen LogP contribution >= 0.6 is 15.9 Å². The minimum Gasteiger partial charge on any atom is -0.450 e. The minimum absolute atomic E-state index is 0.261. The van der Waals surface area contributed by atoms with E-state index in [-0.39, 0.29) is 11.9 Å². The fourth-order valence-electron chi connectivity index (χ4n) is 2.52. The lowest BCUT2D eigenvalue weighted by atomic mass is 10.1. The first-order chi connectivity index (χ1) is 10.1. The van der Waals surface area contributed by atoms with Crippen LogP contribution in [0.15, 0.2) is 51.6 Å². The third kappa shape index (κ3) is 3.09. The molecule has 5 heteroatoms. The number of carbonyl (C=O) groups excluding carboxylic acids is 1. The lowest BCUT2D eigenvalue weighted by Crippen LogP contribution is -2.32. The standard InChI is InChI=1S/C16H14BrNO3/c17-14-7-5-11(21-14)6-8-15(20)18-16-12-4-2-1-3-10(12)9-13(16)19/h1-8,13,16,19H,9H2,(H,18,20)/b8-6+/t13-,16+/m0/s1. The van der Waals surface area contributed by atoms with E-state index in [1.807, 2.05) is 24.3 Å². The highest BCUT2D eigenvalue weighted by Crippen LogP contribution is 2.31. The van der Waals surface area contributed by atoms with Gasteiger partial charge in [0.1, 0.15) is 5.76 Å². The molecule has 1 aliphatic carbocycles. The van der Waals surface area contributed by atoms with Crippen LogP contribution < -0.4 is 5.32 Å². The SMILES string of the molecule is O=C(/C=C/c1ccc(Br)o1)N[C@@H]1c2ccccc2C[C@@H]1O. The molecule has 4 nitrogen and oxygen atoms in total. The molecule has 1 amide bonds. The van der Waals surface area contributed by atoms with Crippen LogP contribution in [0, 0.1) is 0 Å². The Bertz CT molecular complexity index is 692. The molecule has 0 aliphatic heterocycles. The largest absolute Gasteiger partial charge is 0.450 e. The van der Waals surface area contributed by atoms with Gasteiger partial charge in [0.2, 0.25) is 5.91 Å². The van der Waals surface area contributed by atoms with Crippen LogP contribution in [0.4, 0.5) is 0 Å². The van der Waals surface area contributed by atoms with Crippen molar-refractivity contribution in [3.05, 3.63) is 64.0 Å². The van der Waals surface area contributed by atoms with Gasteiger partial charge >= 0.3 is 0 Å². The molecule has 1 heterocycles. The van der Waals surface area contributed by atoms with Gasteiger partial charge in [0.05, 0.1) is 12.1 Å². The van der Waals surface area contributed by atoms with Crippen molar-refractivity contribution >= 4 is 27.9 Å².